The molecule has 0 unspecified atom stereocenters. The van der Waals surface area contributed by atoms with Gasteiger partial charge >= 0.3 is 0 Å². The minimum atomic E-state index is 0.533. The maximum atomic E-state index is 9.83. The zero-order valence-corrected chi connectivity index (χ0v) is 20.0. The summed E-state index contributed by atoms with van der Waals surface area (Å²) in [5.41, 5.74) is 5.28. The van der Waals surface area contributed by atoms with E-state index in [-0.39, 0.29) is 0 Å². The lowest BCUT2D eigenvalue weighted by Crippen LogP contribution is -2.37. The topological polar surface area (TPSA) is 84.8 Å². The second-order valence-corrected chi connectivity index (χ2v) is 9.05. The lowest BCUT2D eigenvalue weighted by molar-refractivity contribution is 0.122. The molecule has 0 atom stereocenters. The average molecular weight is 472 g/mol. The number of hydrogen-bond donors (Lipinski definition) is 0. The van der Waals surface area contributed by atoms with Crippen LogP contribution in [0.15, 0.2) is 59.8 Å². The van der Waals surface area contributed by atoms with Crippen molar-refractivity contribution in [3.05, 3.63) is 77.1 Å². The number of anilines is 1. The number of nitriles is 1. The van der Waals surface area contributed by atoms with Crippen LogP contribution in [-0.2, 0) is 10.5 Å². The molecule has 172 valence electrons. The standard InChI is InChI=1S/C25H25N7OS/c1-18-7-6-10-21(15-18)31-24(30-11-13-33-14-12-30)27-28-25(31)34-17-23-22(16-26)19(2)29-32(23)20-8-4-3-5-9-20/h3-10,15H,11-14,17H2,1-2H3. The van der Waals surface area contributed by atoms with E-state index in [0.717, 1.165) is 47.0 Å². The number of thioether (sulfide) groups is 1. The molecule has 1 aliphatic heterocycles. The van der Waals surface area contributed by atoms with Crippen LogP contribution in [0.25, 0.3) is 11.4 Å². The lowest BCUT2D eigenvalue weighted by Gasteiger charge is -2.28. The zero-order chi connectivity index (χ0) is 23.5. The van der Waals surface area contributed by atoms with E-state index in [1.807, 2.05) is 48.0 Å². The SMILES string of the molecule is Cc1cccc(-n2c(SCc3c(C#N)c(C)nn3-c3ccccc3)nnc2N2CCOCC2)c1. The van der Waals surface area contributed by atoms with Crippen molar-refractivity contribution >= 4 is 17.7 Å². The van der Waals surface area contributed by atoms with Gasteiger partial charge < -0.3 is 9.64 Å². The molecule has 0 saturated carbocycles. The van der Waals surface area contributed by atoms with Crippen LogP contribution in [0.1, 0.15) is 22.5 Å². The fourth-order valence-corrected chi connectivity index (χ4v) is 5.03. The molecule has 1 aliphatic rings. The molecule has 0 N–H and O–H groups in total. The highest BCUT2D eigenvalue weighted by Crippen LogP contribution is 2.31. The molecule has 8 nitrogen and oxygen atoms in total. The zero-order valence-electron chi connectivity index (χ0n) is 19.2. The van der Waals surface area contributed by atoms with E-state index in [1.165, 1.54) is 5.56 Å². The maximum Gasteiger partial charge on any atom is 0.232 e. The van der Waals surface area contributed by atoms with Gasteiger partial charge in [-0.25, -0.2) is 4.68 Å². The van der Waals surface area contributed by atoms with E-state index in [4.69, 9.17) is 4.74 Å². The molecule has 0 amide bonds. The van der Waals surface area contributed by atoms with Gasteiger partial charge in [0.05, 0.1) is 41.5 Å². The monoisotopic (exact) mass is 471 g/mol. The third kappa shape index (κ3) is 4.30. The molecule has 9 heteroatoms. The minimum absolute atomic E-state index is 0.533. The molecule has 0 aliphatic carbocycles. The van der Waals surface area contributed by atoms with E-state index in [1.54, 1.807) is 11.8 Å². The Balaban J connectivity index is 1.53. The van der Waals surface area contributed by atoms with E-state index in [2.05, 4.69) is 56.0 Å². The number of hydrogen-bond acceptors (Lipinski definition) is 7. The van der Waals surface area contributed by atoms with Crippen molar-refractivity contribution in [3.8, 4) is 17.4 Å². The summed E-state index contributed by atoms with van der Waals surface area (Å²) in [6, 6.07) is 20.6. The molecule has 4 aromatic rings. The van der Waals surface area contributed by atoms with Crippen molar-refractivity contribution in [1.82, 2.24) is 24.5 Å². The van der Waals surface area contributed by atoms with Crippen molar-refractivity contribution in [2.24, 2.45) is 0 Å². The van der Waals surface area contributed by atoms with Gasteiger partial charge in [-0.15, -0.1) is 10.2 Å². The predicted molar refractivity (Wildman–Crippen MR) is 132 cm³/mol. The van der Waals surface area contributed by atoms with Crippen LogP contribution in [0.3, 0.4) is 0 Å². The van der Waals surface area contributed by atoms with Crippen molar-refractivity contribution in [1.29, 1.82) is 5.26 Å². The first-order valence-corrected chi connectivity index (χ1v) is 12.2. The van der Waals surface area contributed by atoms with Crippen molar-refractivity contribution in [2.75, 3.05) is 31.2 Å². The molecule has 1 saturated heterocycles. The lowest BCUT2D eigenvalue weighted by atomic mass is 10.2. The Hall–Kier alpha value is -3.61. The van der Waals surface area contributed by atoms with Gasteiger partial charge in [0, 0.05) is 18.8 Å². The number of aromatic nitrogens is 5. The number of ether oxygens (including phenoxy) is 1. The number of rotatable bonds is 6. The smallest absolute Gasteiger partial charge is 0.232 e. The van der Waals surface area contributed by atoms with Gasteiger partial charge in [0.2, 0.25) is 5.95 Å². The van der Waals surface area contributed by atoms with Crippen molar-refractivity contribution in [3.63, 3.8) is 0 Å². The molecular weight excluding hydrogens is 446 g/mol. The Morgan fingerprint density at radius 2 is 1.76 bits per heavy atom. The number of aryl methyl sites for hydroxylation is 2. The van der Waals surface area contributed by atoms with Crippen LogP contribution in [-0.4, -0.2) is 50.8 Å². The fraction of sp³-hybridized carbons (Fsp3) is 0.280. The molecule has 0 radical (unpaired) electrons. The first-order valence-electron chi connectivity index (χ1n) is 11.2. The summed E-state index contributed by atoms with van der Waals surface area (Å²) < 4.78 is 9.50. The van der Waals surface area contributed by atoms with Crippen LogP contribution >= 0.6 is 11.8 Å². The van der Waals surface area contributed by atoms with Crippen molar-refractivity contribution < 1.29 is 4.74 Å². The van der Waals surface area contributed by atoms with Crippen LogP contribution < -0.4 is 4.90 Å². The Kier molecular flexibility index (Phi) is 6.34. The van der Waals surface area contributed by atoms with Gasteiger partial charge in [0.25, 0.3) is 0 Å². The second kappa shape index (κ2) is 9.71. The minimum Gasteiger partial charge on any atom is -0.378 e. The Bertz CT molecular complexity index is 1330. The van der Waals surface area contributed by atoms with E-state index >= 15 is 0 Å². The first-order chi connectivity index (χ1) is 16.7. The largest absolute Gasteiger partial charge is 0.378 e. The summed E-state index contributed by atoms with van der Waals surface area (Å²) in [4.78, 5) is 2.21. The third-order valence-corrected chi connectivity index (χ3v) is 6.72. The Labute approximate surface area is 202 Å². The van der Waals surface area contributed by atoms with Crippen LogP contribution in [0.5, 0.6) is 0 Å². The molecule has 1 fully saturated rings. The van der Waals surface area contributed by atoms with E-state index in [9.17, 15) is 5.26 Å². The summed E-state index contributed by atoms with van der Waals surface area (Å²) >= 11 is 1.56. The van der Waals surface area contributed by atoms with Gasteiger partial charge in [0.1, 0.15) is 6.07 Å². The molecule has 2 aromatic heterocycles. The van der Waals surface area contributed by atoms with Crippen LogP contribution in [0.2, 0.25) is 0 Å². The number of nitrogens with zero attached hydrogens (tertiary/aromatic N) is 7. The molecule has 3 heterocycles. The number of benzene rings is 2. The highest BCUT2D eigenvalue weighted by molar-refractivity contribution is 7.98. The van der Waals surface area contributed by atoms with Crippen LogP contribution in [0.4, 0.5) is 5.95 Å². The maximum absolute atomic E-state index is 9.83. The van der Waals surface area contributed by atoms with Gasteiger partial charge in [0.15, 0.2) is 5.16 Å². The fourth-order valence-electron chi connectivity index (χ4n) is 4.09. The van der Waals surface area contributed by atoms with Gasteiger partial charge in [-0.3, -0.25) is 4.57 Å². The Morgan fingerprint density at radius 3 is 2.50 bits per heavy atom. The van der Waals surface area contributed by atoms with Gasteiger partial charge in [-0.1, -0.05) is 42.1 Å². The summed E-state index contributed by atoms with van der Waals surface area (Å²) in [5.74, 6) is 1.34. The molecule has 0 spiro atoms. The van der Waals surface area contributed by atoms with E-state index < -0.39 is 0 Å². The quantitative estimate of drug-likeness (QED) is 0.392. The van der Waals surface area contributed by atoms with Gasteiger partial charge in [-0.05, 0) is 43.7 Å². The summed E-state index contributed by atoms with van der Waals surface area (Å²) in [6.07, 6.45) is 0. The van der Waals surface area contributed by atoms with E-state index in [0.29, 0.717) is 24.5 Å². The molecule has 2 aromatic carbocycles. The predicted octanol–water partition coefficient (Wildman–Crippen LogP) is 4.07. The highest BCUT2D eigenvalue weighted by atomic mass is 32.2. The van der Waals surface area contributed by atoms with Crippen LogP contribution in [0, 0.1) is 25.2 Å². The molecule has 0 bridgehead atoms. The molecule has 34 heavy (non-hydrogen) atoms. The summed E-state index contributed by atoms with van der Waals surface area (Å²) in [7, 11) is 0. The Morgan fingerprint density at radius 1 is 1.00 bits per heavy atom. The highest BCUT2D eigenvalue weighted by Gasteiger charge is 2.23. The summed E-state index contributed by atoms with van der Waals surface area (Å²) in [6.45, 7) is 6.84. The average Bonchev–Trinajstić information content (AvgIpc) is 3.44. The molecule has 5 rings (SSSR count). The normalized spacial score (nSPS) is 13.7. The van der Waals surface area contributed by atoms with Crippen molar-refractivity contribution in [2.45, 2.75) is 24.8 Å². The molecular formula is C25H25N7OS. The second-order valence-electron chi connectivity index (χ2n) is 8.11. The first kappa shape index (κ1) is 22.2. The van der Waals surface area contributed by atoms with Gasteiger partial charge in [-0.2, -0.15) is 10.4 Å². The third-order valence-electron chi connectivity index (χ3n) is 5.78. The number of morpholine rings is 1. The summed E-state index contributed by atoms with van der Waals surface area (Å²) in [5, 5.41) is 24.4. The number of para-hydroxylation sites is 1.